The Morgan fingerprint density at radius 3 is 2.90 bits per heavy atom. The highest BCUT2D eigenvalue weighted by atomic mass is 32.1. The number of carbonyl (C=O) groups excluding carboxylic acids is 2. The molecule has 1 fully saturated rings. The van der Waals surface area contributed by atoms with Gasteiger partial charge in [-0.2, -0.15) is 0 Å². The standard InChI is InChI=1S/C14H15N3O2S2/c1-8-12(21-14(16-8)10-3-2-6-20-10)13(19)15-7-11(18)17-9-4-5-9/h2-3,6,9H,4-5,7H2,1H3,(H,15,19)(H,17,18). The van der Waals surface area contributed by atoms with Gasteiger partial charge in [0.25, 0.3) is 5.91 Å². The molecule has 0 atom stereocenters. The van der Waals surface area contributed by atoms with Crippen LogP contribution in [0.4, 0.5) is 0 Å². The van der Waals surface area contributed by atoms with Crippen LogP contribution in [0.25, 0.3) is 9.88 Å². The van der Waals surface area contributed by atoms with E-state index in [4.69, 9.17) is 0 Å². The Bertz CT molecular complexity index is 660. The van der Waals surface area contributed by atoms with Gasteiger partial charge in [-0.15, -0.1) is 22.7 Å². The summed E-state index contributed by atoms with van der Waals surface area (Å²) in [5.74, 6) is -0.370. The SMILES string of the molecule is Cc1nc(-c2cccs2)sc1C(=O)NCC(=O)NC1CC1. The number of thiazole rings is 1. The van der Waals surface area contributed by atoms with Crippen LogP contribution in [0.3, 0.4) is 0 Å². The largest absolute Gasteiger partial charge is 0.352 e. The molecule has 2 amide bonds. The molecule has 21 heavy (non-hydrogen) atoms. The summed E-state index contributed by atoms with van der Waals surface area (Å²) < 4.78 is 0. The lowest BCUT2D eigenvalue weighted by molar-refractivity contribution is -0.120. The fourth-order valence-electron chi connectivity index (χ4n) is 1.86. The first-order chi connectivity index (χ1) is 10.1. The summed E-state index contributed by atoms with van der Waals surface area (Å²) in [4.78, 5) is 29.8. The number of amides is 2. The normalized spacial score (nSPS) is 14.0. The van der Waals surface area contributed by atoms with Gasteiger partial charge in [0, 0.05) is 6.04 Å². The third kappa shape index (κ3) is 3.48. The van der Waals surface area contributed by atoms with Crippen LogP contribution in [0.2, 0.25) is 0 Å². The van der Waals surface area contributed by atoms with Crippen molar-refractivity contribution in [3.05, 3.63) is 28.1 Å². The van der Waals surface area contributed by atoms with E-state index in [0.29, 0.717) is 16.6 Å². The summed E-state index contributed by atoms with van der Waals surface area (Å²) in [5, 5.41) is 8.32. The topological polar surface area (TPSA) is 71.1 Å². The van der Waals surface area contributed by atoms with Crippen molar-refractivity contribution in [1.82, 2.24) is 15.6 Å². The first kappa shape index (κ1) is 14.2. The van der Waals surface area contributed by atoms with Crippen LogP contribution in [0.1, 0.15) is 28.2 Å². The molecular formula is C14H15N3O2S2. The number of thiophene rings is 1. The van der Waals surface area contributed by atoms with Gasteiger partial charge in [-0.1, -0.05) is 6.07 Å². The summed E-state index contributed by atoms with van der Waals surface area (Å²) in [6.07, 6.45) is 2.08. The van der Waals surface area contributed by atoms with Crippen LogP contribution in [0.15, 0.2) is 17.5 Å². The number of rotatable bonds is 5. The van der Waals surface area contributed by atoms with E-state index < -0.39 is 0 Å². The summed E-state index contributed by atoms with van der Waals surface area (Å²) in [6, 6.07) is 4.25. The maximum Gasteiger partial charge on any atom is 0.263 e. The number of hydrogen-bond donors (Lipinski definition) is 2. The van der Waals surface area contributed by atoms with Crippen LogP contribution in [0, 0.1) is 6.92 Å². The van der Waals surface area contributed by atoms with Crippen molar-refractivity contribution in [3.63, 3.8) is 0 Å². The molecule has 5 nitrogen and oxygen atoms in total. The second kappa shape index (κ2) is 5.95. The van der Waals surface area contributed by atoms with Crippen molar-refractivity contribution in [2.24, 2.45) is 0 Å². The number of aryl methyl sites for hydroxylation is 1. The minimum atomic E-state index is -0.237. The molecule has 0 bridgehead atoms. The van der Waals surface area contributed by atoms with Gasteiger partial charge in [0.15, 0.2) is 0 Å². The molecule has 0 aliphatic heterocycles. The number of carbonyl (C=O) groups is 2. The molecule has 3 rings (SSSR count). The van der Waals surface area contributed by atoms with Gasteiger partial charge >= 0.3 is 0 Å². The molecule has 1 saturated carbocycles. The first-order valence-corrected chi connectivity index (χ1v) is 8.42. The van der Waals surface area contributed by atoms with Gasteiger partial charge in [0.2, 0.25) is 5.91 Å². The Kier molecular flexibility index (Phi) is 4.03. The highest BCUT2D eigenvalue weighted by molar-refractivity contribution is 7.22. The Balaban J connectivity index is 1.62. The minimum Gasteiger partial charge on any atom is -0.352 e. The summed E-state index contributed by atoms with van der Waals surface area (Å²) in [7, 11) is 0. The van der Waals surface area contributed by atoms with Crippen molar-refractivity contribution in [2.45, 2.75) is 25.8 Å². The second-order valence-electron chi connectivity index (χ2n) is 4.94. The van der Waals surface area contributed by atoms with E-state index in [1.165, 1.54) is 11.3 Å². The number of nitrogens with zero attached hydrogens (tertiary/aromatic N) is 1. The van der Waals surface area contributed by atoms with Gasteiger partial charge in [-0.05, 0) is 31.2 Å². The number of nitrogens with one attached hydrogen (secondary N) is 2. The maximum absolute atomic E-state index is 12.1. The van der Waals surface area contributed by atoms with E-state index in [1.54, 1.807) is 11.3 Å². The molecule has 7 heteroatoms. The van der Waals surface area contributed by atoms with E-state index in [0.717, 1.165) is 22.7 Å². The van der Waals surface area contributed by atoms with Crippen LogP contribution in [-0.2, 0) is 4.79 Å². The molecule has 0 unspecified atom stereocenters. The van der Waals surface area contributed by atoms with Crippen molar-refractivity contribution < 1.29 is 9.59 Å². The minimum absolute atomic E-state index is 0.0149. The van der Waals surface area contributed by atoms with Gasteiger partial charge in [-0.3, -0.25) is 9.59 Å². The lowest BCUT2D eigenvalue weighted by Crippen LogP contribution is -2.37. The van der Waals surface area contributed by atoms with E-state index >= 15 is 0 Å². The van der Waals surface area contributed by atoms with Gasteiger partial charge in [0.05, 0.1) is 17.1 Å². The fraction of sp³-hybridized carbons (Fsp3) is 0.357. The van der Waals surface area contributed by atoms with Crippen molar-refractivity contribution in [3.8, 4) is 9.88 Å². The lowest BCUT2D eigenvalue weighted by atomic mass is 10.3. The molecular weight excluding hydrogens is 306 g/mol. The molecule has 2 aromatic rings. The number of aromatic nitrogens is 1. The zero-order valence-electron chi connectivity index (χ0n) is 11.5. The van der Waals surface area contributed by atoms with Crippen LogP contribution < -0.4 is 10.6 Å². The third-order valence-electron chi connectivity index (χ3n) is 3.09. The monoisotopic (exact) mass is 321 g/mol. The Morgan fingerprint density at radius 2 is 2.24 bits per heavy atom. The summed E-state index contributed by atoms with van der Waals surface area (Å²) in [6.45, 7) is 1.83. The molecule has 0 spiro atoms. The predicted octanol–water partition coefficient (Wildman–Crippen LogP) is 2.19. The van der Waals surface area contributed by atoms with Crippen LogP contribution in [0.5, 0.6) is 0 Å². The quantitative estimate of drug-likeness (QED) is 0.887. The van der Waals surface area contributed by atoms with Crippen LogP contribution in [-0.4, -0.2) is 29.4 Å². The summed E-state index contributed by atoms with van der Waals surface area (Å²) in [5.41, 5.74) is 0.698. The summed E-state index contributed by atoms with van der Waals surface area (Å²) >= 11 is 2.95. The van der Waals surface area contributed by atoms with Gasteiger partial charge in [-0.25, -0.2) is 4.98 Å². The van der Waals surface area contributed by atoms with Crippen LogP contribution >= 0.6 is 22.7 Å². The van der Waals surface area contributed by atoms with Crippen molar-refractivity contribution in [2.75, 3.05) is 6.54 Å². The molecule has 0 aromatic carbocycles. The van der Waals surface area contributed by atoms with E-state index in [9.17, 15) is 9.59 Å². The Hall–Kier alpha value is -1.73. The highest BCUT2D eigenvalue weighted by Crippen LogP contribution is 2.30. The maximum atomic E-state index is 12.1. The highest BCUT2D eigenvalue weighted by Gasteiger charge is 2.23. The zero-order chi connectivity index (χ0) is 14.8. The van der Waals surface area contributed by atoms with Gasteiger partial charge < -0.3 is 10.6 Å². The molecule has 0 saturated heterocycles. The van der Waals surface area contributed by atoms with Crippen molar-refractivity contribution in [1.29, 1.82) is 0 Å². The molecule has 110 valence electrons. The molecule has 2 heterocycles. The average molecular weight is 321 g/mol. The lowest BCUT2D eigenvalue weighted by Gasteiger charge is -2.04. The zero-order valence-corrected chi connectivity index (χ0v) is 13.1. The third-order valence-corrected chi connectivity index (χ3v) is 5.28. The van der Waals surface area contributed by atoms with E-state index in [-0.39, 0.29) is 18.4 Å². The smallest absolute Gasteiger partial charge is 0.263 e. The van der Waals surface area contributed by atoms with E-state index in [1.807, 2.05) is 24.4 Å². The van der Waals surface area contributed by atoms with Crippen molar-refractivity contribution >= 4 is 34.5 Å². The molecule has 2 aromatic heterocycles. The Morgan fingerprint density at radius 1 is 1.43 bits per heavy atom. The second-order valence-corrected chi connectivity index (χ2v) is 6.88. The molecule has 2 N–H and O–H groups in total. The molecule has 1 aliphatic rings. The molecule has 0 radical (unpaired) electrons. The molecule has 1 aliphatic carbocycles. The fourth-order valence-corrected chi connectivity index (χ4v) is 3.64. The van der Waals surface area contributed by atoms with Gasteiger partial charge in [0.1, 0.15) is 9.88 Å². The Labute approximate surface area is 130 Å². The predicted molar refractivity (Wildman–Crippen MR) is 83.7 cm³/mol. The average Bonchev–Trinajstić information content (AvgIpc) is 2.96. The number of hydrogen-bond acceptors (Lipinski definition) is 5. The first-order valence-electron chi connectivity index (χ1n) is 6.72. The van der Waals surface area contributed by atoms with E-state index in [2.05, 4.69) is 15.6 Å².